The third kappa shape index (κ3) is 3.24. The van der Waals surface area contributed by atoms with Crippen LogP contribution >= 0.6 is 23.1 Å². The number of thiophene rings is 1. The number of nitriles is 1. The molecule has 138 valence electrons. The summed E-state index contributed by atoms with van der Waals surface area (Å²) >= 11 is 2.94. The summed E-state index contributed by atoms with van der Waals surface area (Å²) in [4.78, 5) is 20.4. The van der Waals surface area contributed by atoms with Gasteiger partial charge in [0.15, 0.2) is 5.16 Å². The first kappa shape index (κ1) is 18.1. The molecule has 27 heavy (non-hydrogen) atoms. The first-order chi connectivity index (χ1) is 13.1. The van der Waals surface area contributed by atoms with Gasteiger partial charge in [-0.2, -0.15) is 5.26 Å². The maximum absolute atomic E-state index is 13.5. The van der Waals surface area contributed by atoms with Gasteiger partial charge in [-0.25, -0.2) is 4.98 Å². The summed E-state index contributed by atoms with van der Waals surface area (Å²) in [5, 5.41) is 10.2. The van der Waals surface area contributed by atoms with Crippen molar-refractivity contribution >= 4 is 33.3 Å². The summed E-state index contributed by atoms with van der Waals surface area (Å²) in [5.41, 5.74) is 1.82. The van der Waals surface area contributed by atoms with E-state index in [-0.39, 0.29) is 10.8 Å². The molecule has 0 amide bonds. The van der Waals surface area contributed by atoms with Crippen LogP contribution in [0, 0.1) is 11.3 Å². The SMILES string of the molecule is COc1cccc(-n2c(S[C@@H](C)C#N)nc3sc4c(c3c2=O)CCCC4)c1. The maximum Gasteiger partial charge on any atom is 0.267 e. The molecule has 0 aliphatic heterocycles. The van der Waals surface area contributed by atoms with Crippen molar-refractivity contribution in [3.63, 3.8) is 0 Å². The zero-order chi connectivity index (χ0) is 19.0. The van der Waals surface area contributed by atoms with E-state index in [1.165, 1.54) is 22.2 Å². The van der Waals surface area contributed by atoms with Gasteiger partial charge in [-0.1, -0.05) is 17.8 Å². The first-order valence-corrected chi connectivity index (χ1v) is 10.6. The fraction of sp³-hybridized carbons (Fsp3) is 0.350. The standard InChI is InChI=1S/C20H19N3O2S2/c1-12(11-21)26-20-22-18-17(15-8-3-4-9-16(15)27-18)19(24)23(20)13-6-5-7-14(10-13)25-2/h5-7,10,12H,3-4,8-9H2,1-2H3/t12-/m0/s1. The second-order valence-corrected chi connectivity index (χ2v) is 8.91. The molecule has 0 N–H and O–H groups in total. The Hall–Kier alpha value is -2.30. The van der Waals surface area contributed by atoms with Crippen LogP contribution in [0.1, 0.15) is 30.2 Å². The van der Waals surface area contributed by atoms with Crippen molar-refractivity contribution in [3.8, 4) is 17.5 Å². The van der Waals surface area contributed by atoms with Crippen LogP contribution in [0.15, 0.2) is 34.2 Å². The van der Waals surface area contributed by atoms with Crippen LogP contribution in [0.3, 0.4) is 0 Å². The summed E-state index contributed by atoms with van der Waals surface area (Å²) in [6.45, 7) is 1.82. The minimum Gasteiger partial charge on any atom is -0.497 e. The number of aryl methyl sites for hydroxylation is 2. The number of fused-ring (bicyclic) bond motifs is 3. The van der Waals surface area contributed by atoms with Gasteiger partial charge in [0, 0.05) is 10.9 Å². The Morgan fingerprint density at radius 2 is 2.19 bits per heavy atom. The lowest BCUT2D eigenvalue weighted by Crippen LogP contribution is -2.22. The van der Waals surface area contributed by atoms with E-state index >= 15 is 0 Å². The highest BCUT2D eigenvalue weighted by Gasteiger charge is 2.23. The van der Waals surface area contributed by atoms with Gasteiger partial charge in [0.05, 0.1) is 29.5 Å². The molecule has 1 aliphatic rings. The fourth-order valence-corrected chi connectivity index (χ4v) is 5.54. The second-order valence-electron chi connectivity index (χ2n) is 6.52. The molecular formula is C20H19N3O2S2. The highest BCUT2D eigenvalue weighted by molar-refractivity contribution is 8.00. The van der Waals surface area contributed by atoms with E-state index in [1.807, 2.05) is 31.2 Å². The number of aromatic nitrogens is 2. The van der Waals surface area contributed by atoms with Crippen LogP contribution in [0.2, 0.25) is 0 Å². The Labute approximate surface area is 165 Å². The summed E-state index contributed by atoms with van der Waals surface area (Å²) < 4.78 is 6.96. The highest BCUT2D eigenvalue weighted by atomic mass is 32.2. The number of nitrogens with zero attached hydrogens (tertiary/aromatic N) is 3. The van der Waals surface area contributed by atoms with Crippen molar-refractivity contribution in [2.75, 3.05) is 7.11 Å². The van der Waals surface area contributed by atoms with E-state index in [0.717, 1.165) is 35.9 Å². The molecular weight excluding hydrogens is 378 g/mol. The van der Waals surface area contributed by atoms with E-state index in [9.17, 15) is 10.1 Å². The van der Waals surface area contributed by atoms with Gasteiger partial charge < -0.3 is 4.74 Å². The zero-order valence-corrected chi connectivity index (χ0v) is 16.8. The molecule has 0 unspecified atom stereocenters. The van der Waals surface area contributed by atoms with Gasteiger partial charge in [0.25, 0.3) is 5.56 Å². The van der Waals surface area contributed by atoms with E-state index in [0.29, 0.717) is 16.6 Å². The maximum atomic E-state index is 13.5. The Morgan fingerprint density at radius 1 is 1.37 bits per heavy atom. The molecule has 3 aromatic rings. The van der Waals surface area contributed by atoms with E-state index in [1.54, 1.807) is 23.0 Å². The van der Waals surface area contributed by atoms with Crippen LogP contribution in [0.25, 0.3) is 15.9 Å². The zero-order valence-electron chi connectivity index (χ0n) is 15.2. The fourth-order valence-electron chi connectivity index (χ4n) is 3.43. The lowest BCUT2D eigenvalue weighted by molar-refractivity contribution is 0.414. The van der Waals surface area contributed by atoms with Gasteiger partial charge in [0.1, 0.15) is 10.6 Å². The van der Waals surface area contributed by atoms with Gasteiger partial charge in [-0.15, -0.1) is 11.3 Å². The number of methoxy groups -OCH3 is 1. The third-order valence-electron chi connectivity index (χ3n) is 4.73. The van der Waals surface area contributed by atoms with Gasteiger partial charge in [-0.3, -0.25) is 9.36 Å². The van der Waals surface area contributed by atoms with Gasteiger partial charge >= 0.3 is 0 Å². The molecule has 0 saturated carbocycles. The second kappa shape index (κ2) is 7.37. The Bertz CT molecular complexity index is 1110. The molecule has 0 radical (unpaired) electrons. The molecule has 0 bridgehead atoms. The van der Waals surface area contributed by atoms with Gasteiger partial charge in [-0.05, 0) is 50.3 Å². The summed E-state index contributed by atoms with van der Waals surface area (Å²) in [5.74, 6) is 0.677. The monoisotopic (exact) mass is 397 g/mol. The number of thioether (sulfide) groups is 1. The summed E-state index contributed by atoms with van der Waals surface area (Å²) in [6, 6.07) is 9.62. The summed E-state index contributed by atoms with van der Waals surface area (Å²) in [7, 11) is 1.60. The Balaban J connectivity index is 2.01. The Morgan fingerprint density at radius 3 is 2.96 bits per heavy atom. The highest BCUT2D eigenvalue weighted by Crippen LogP contribution is 2.35. The third-order valence-corrected chi connectivity index (χ3v) is 6.86. The largest absolute Gasteiger partial charge is 0.497 e. The quantitative estimate of drug-likeness (QED) is 0.484. The van der Waals surface area contributed by atoms with Crippen molar-refractivity contribution in [2.45, 2.75) is 43.0 Å². The molecule has 4 rings (SSSR count). The number of hydrogen-bond acceptors (Lipinski definition) is 6. The van der Waals surface area contributed by atoms with Crippen molar-refractivity contribution in [2.24, 2.45) is 0 Å². The van der Waals surface area contributed by atoms with Crippen LogP contribution < -0.4 is 10.3 Å². The van der Waals surface area contributed by atoms with Crippen molar-refractivity contribution in [1.29, 1.82) is 5.26 Å². The average molecular weight is 398 g/mol. The van der Waals surface area contributed by atoms with Crippen molar-refractivity contribution in [1.82, 2.24) is 9.55 Å². The molecule has 1 aromatic carbocycles. The normalized spacial score (nSPS) is 14.6. The molecule has 1 atom stereocenters. The van der Waals surface area contributed by atoms with Crippen LogP contribution in [-0.4, -0.2) is 21.9 Å². The van der Waals surface area contributed by atoms with Gasteiger partial charge in [0.2, 0.25) is 0 Å². The molecule has 5 nitrogen and oxygen atoms in total. The van der Waals surface area contributed by atoms with Crippen molar-refractivity contribution < 1.29 is 4.74 Å². The lowest BCUT2D eigenvalue weighted by Gasteiger charge is -2.14. The van der Waals surface area contributed by atoms with Crippen LogP contribution in [-0.2, 0) is 12.8 Å². The average Bonchev–Trinajstić information content (AvgIpc) is 3.06. The van der Waals surface area contributed by atoms with E-state index in [4.69, 9.17) is 9.72 Å². The molecule has 7 heteroatoms. The molecule has 2 heterocycles. The predicted octanol–water partition coefficient (Wildman–Crippen LogP) is 4.34. The number of hydrogen-bond donors (Lipinski definition) is 0. The van der Waals surface area contributed by atoms with E-state index in [2.05, 4.69) is 6.07 Å². The van der Waals surface area contributed by atoms with Crippen molar-refractivity contribution in [3.05, 3.63) is 45.1 Å². The molecule has 2 aromatic heterocycles. The lowest BCUT2D eigenvalue weighted by atomic mass is 9.97. The predicted molar refractivity (Wildman–Crippen MR) is 109 cm³/mol. The number of ether oxygens (including phenoxy) is 1. The minimum absolute atomic E-state index is 0.0553. The van der Waals surface area contributed by atoms with Crippen LogP contribution in [0.4, 0.5) is 0 Å². The molecule has 1 aliphatic carbocycles. The number of rotatable bonds is 4. The first-order valence-electron chi connectivity index (χ1n) is 8.90. The minimum atomic E-state index is -0.305. The van der Waals surface area contributed by atoms with Crippen LogP contribution in [0.5, 0.6) is 5.75 Å². The smallest absolute Gasteiger partial charge is 0.267 e. The molecule has 0 fully saturated rings. The molecule has 0 saturated heterocycles. The summed E-state index contributed by atoms with van der Waals surface area (Å²) in [6.07, 6.45) is 4.23. The topological polar surface area (TPSA) is 67.9 Å². The molecule has 0 spiro atoms. The number of benzene rings is 1. The van der Waals surface area contributed by atoms with E-state index < -0.39 is 0 Å². The Kier molecular flexibility index (Phi) is 4.94.